The summed E-state index contributed by atoms with van der Waals surface area (Å²) in [7, 11) is 1.62. The van der Waals surface area contributed by atoms with Crippen molar-refractivity contribution < 1.29 is 14.3 Å². The highest BCUT2D eigenvalue weighted by Gasteiger charge is 2.27. The SMILES string of the molecule is COc1cccc(CC(=O)N2CCN(C(=O)c3cc4n(n3)CCCC4)CC2)c1. The molecule has 0 unspecified atom stereocenters. The number of rotatable bonds is 4. The van der Waals surface area contributed by atoms with Crippen LogP contribution in [0.2, 0.25) is 0 Å². The molecule has 7 heteroatoms. The van der Waals surface area contributed by atoms with Gasteiger partial charge in [0.15, 0.2) is 5.69 Å². The van der Waals surface area contributed by atoms with Crippen molar-refractivity contribution in [3.8, 4) is 5.75 Å². The lowest BCUT2D eigenvalue weighted by Crippen LogP contribution is -2.51. The van der Waals surface area contributed by atoms with Crippen LogP contribution >= 0.6 is 0 Å². The van der Waals surface area contributed by atoms with Crippen molar-refractivity contribution in [2.24, 2.45) is 0 Å². The Bertz CT molecular complexity index is 845. The minimum Gasteiger partial charge on any atom is -0.497 e. The van der Waals surface area contributed by atoms with Crippen LogP contribution < -0.4 is 4.74 Å². The molecule has 0 N–H and O–H groups in total. The summed E-state index contributed by atoms with van der Waals surface area (Å²) in [4.78, 5) is 29.0. The van der Waals surface area contributed by atoms with Crippen LogP contribution in [0.3, 0.4) is 0 Å². The Morgan fingerprint density at radius 3 is 2.57 bits per heavy atom. The first kappa shape index (κ1) is 18.5. The van der Waals surface area contributed by atoms with Gasteiger partial charge in [0.2, 0.25) is 5.91 Å². The molecule has 1 saturated heterocycles. The van der Waals surface area contributed by atoms with E-state index in [9.17, 15) is 9.59 Å². The van der Waals surface area contributed by atoms with Crippen molar-refractivity contribution >= 4 is 11.8 Å². The summed E-state index contributed by atoms with van der Waals surface area (Å²) in [6.07, 6.45) is 3.62. The molecule has 0 bridgehead atoms. The lowest BCUT2D eigenvalue weighted by Gasteiger charge is -2.34. The molecule has 7 nitrogen and oxygen atoms in total. The van der Waals surface area contributed by atoms with Gasteiger partial charge in [0, 0.05) is 38.4 Å². The quantitative estimate of drug-likeness (QED) is 0.808. The van der Waals surface area contributed by atoms with Gasteiger partial charge >= 0.3 is 0 Å². The van der Waals surface area contributed by atoms with Gasteiger partial charge in [-0.25, -0.2) is 0 Å². The first-order valence-corrected chi connectivity index (χ1v) is 9.91. The van der Waals surface area contributed by atoms with Gasteiger partial charge in [0.25, 0.3) is 5.91 Å². The highest BCUT2D eigenvalue weighted by atomic mass is 16.5. The molecule has 4 rings (SSSR count). The molecule has 0 aliphatic carbocycles. The third kappa shape index (κ3) is 3.88. The summed E-state index contributed by atoms with van der Waals surface area (Å²) in [5, 5.41) is 4.49. The highest BCUT2D eigenvalue weighted by Crippen LogP contribution is 2.18. The summed E-state index contributed by atoms with van der Waals surface area (Å²) < 4.78 is 7.18. The first-order valence-electron chi connectivity index (χ1n) is 9.91. The fourth-order valence-electron chi connectivity index (χ4n) is 3.91. The number of hydrogen-bond acceptors (Lipinski definition) is 4. The van der Waals surface area contributed by atoms with Gasteiger partial charge in [-0.3, -0.25) is 14.3 Å². The van der Waals surface area contributed by atoms with Gasteiger partial charge in [-0.1, -0.05) is 12.1 Å². The number of carbonyl (C=O) groups excluding carboxylic acids is 2. The zero-order valence-corrected chi connectivity index (χ0v) is 16.3. The maximum Gasteiger partial charge on any atom is 0.274 e. The van der Waals surface area contributed by atoms with E-state index in [1.807, 2.05) is 44.8 Å². The van der Waals surface area contributed by atoms with Gasteiger partial charge in [0.05, 0.1) is 13.5 Å². The molecule has 3 heterocycles. The summed E-state index contributed by atoms with van der Waals surface area (Å²) in [6.45, 7) is 3.11. The van der Waals surface area contributed by atoms with E-state index < -0.39 is 0 Å². The molecule has 2 amide bonds. The number of ether oxygens (including phenoxy) is 1. The zero-order chi connectivity index (χ0) is 19.5. The third-order valence-electron chi connectivity index (χ3n) is 5.54. The number of fused-ring (bicyclic) bond motifs is 1. The summed E-state index contributed by atoms with van der Waals surface area (Å²) in [5.74, 6) is 0.808. The Morgan fingerprint density at radius 2 is 1.82 bits per heavy atom. The van der Waals surface area contributed by atoms with E-state index >= 15 is 0 Å². The average Bonchev–Trinajstić information content (AvgIpc) is 3.17. The van der Waals surface area contributed by atoms with Crippen LogP contribution in [0.15, 0.2) is 30.3 Å². The molecule has 2 aliphatic rings. The van der Waals surface area contributed by atoms with Crippen molar-refractivity contribution in [2.45, 2.75) is 32.2 Å². The summed E-state index contributed by atoms with van der Waals surface area (Å²) >= 11 is 0. The van der Waals surface area contributed by atoms with Crippen molar-refractivity contribution in [3.63, 3.8) is 0 Å². The van der Waals surface area contributed by atoms with Gasteiger partial charge in [0.1, 0.15) is 5.75 Å². The molecular weight excluding hydrogens is 356 g/mol. The van der Waals surface area contributed by atoms with E-state index in [0.29, 0.717) is 38.3 Å². The van der Waals surface area contributed by atoms with Crippen LogP contribution in [0.1, 0.15) is 34.6 Å². The standard InChI is InChI=1S/C21H26N4O3/c1-28-18-7-4-5-16(13-18)14-20(26)23-9-11-24(12-10-23)21(27)19-15-17-6-2-3-8-25(17)22-19/h4-5,7,13,15H,2-3,6,8-12,14H2,1H3. The molecule has 2 aromatic rings. The number of benzene rings is 1. The molecule has 1 aromatic heterocycles. The summed E-state index contributed by atoms with van der Waals surface area (Å²) in [6, 6.07) is 9.51. The van der Waals surface area contributed by atoms with Crippen LogP contribution in [-0.2, 0) is 24.2 Å². The van der Waals surface area contributed by atoms with Crippen LogP contribution in [0.5, 0.6) is 5.75 Å². The molecule has 148 valence electrons. The number of amides is 2. The predicted molar refractivity (Wildman–Crippen MR) is 104 cm³/mol. The Hall–Kier alpha value is -2.83. The molecule has 1 fully saturated rings. The minimum atomic E-state index is -0.0261. The Balaban J connectivity index is 1.33. The number of aromatic nitrogens is 2. The van der Waals surface area contributed by atoms with Crippen molar-refractivity contribution in [2.75, 3.05) is 33.3 Å². The minimum absolute atomic E-state index is 0.0261. The Labute approximate surface area is 164 Å². The second-order valence-electron chi connectivity index (χ2n) is 7.40. The Morgan fingerprint density at radius 1 is 1.04 bits per heavy atom. The van der Waals surface area contributed by atoms with E-state index in [0.717, 1.165) is 42.8 Å². The van der Waals surface area contributed by atoms with Gasteiger partial charge in [-0.15, -0.1) is 0 Å². The monoisotopic (exact) mass is 382 g/mol. The number of aryl methyl sites for hydroxylation is 2. The first-order chi connectivity index (χ1) is 13.6. The van der Waals surface area contributed by atoms with Crippen molar-refractivity contribution in [1.82, 2.24) is 19.6 Å². The molecule has 0 radical (unpaired) electrons. The zero-order valence-electron chi connectivity index (χ0n) is 16.3. The summed E-state index contributed by atoms with van der Waals surface area (Å²) in [5.41, 5.74) is 2.63. The maximum absolute atomic E-state index is 12.8. The van der Waals surface area contributed by atoms with E-state index in [1.165, 1.54) is 0 Å². The highest BCUT2D eigenvalue weighted by molar-refractivity contribution is 5.92. The lowest BCUT2D eigenvalue weighted by molar-refractivity contribution is -0.131. The van der Waals surface area contributed by atoms with Crippen LogP contribution in [0.25, 0.3) is 0 Å². The third-order valence-corrected chi connectivity index (χ3v) is 5.54. The number of methoxy groups -OCH3 is 1. The van der Waals surface area contributed by atoms with Crippen molar-refractivity contribution in [1.29, 1.82) is 0 Å². The molecular formula is C21H26N4O3. The number of hydrogen-bond donors (Lipinski definition) is 0. The maximum atomic E-state index is 12.8. The second-order valence-corrected chi connectivity index (χ2v) is 7.40. The smallest absolute Gasteiger partial charge is 0.274 e. The normalized spacial score (nSPS) is 16.6. The van der Waals surface area contributed by atoms with E-state index in [-0.39, 0.29) is 11.8 Å². The number of nitrogens with zero attached hydrogens (tertiary/aromatic N) is 4. The predicted octanol–water partition coefficient (Wildman–Crippen LogP) is 1.76. The molecule has 0 atom stereocenters. The van der Waals surface area contributed by atoms with Crippen LogP contribution in [0, 0.1) is 0 Å². The van der Waals surface area contributed by atoms with Crippen LogP contribution in [0.4, 0.5) is 0 Å². The molecule has 28 heavy (non-hydrogen) atoms. The molecule has 0 saturated carbocycles. The fraction of sp³-hybridized carbons (Fsp3) is 0.476. The molecule has 2 aliphatic heterocycles. The number of carbonyl (C=O) groups is 2. The largest absolute Gasteiger partial charge is 0.497 e. The molecule has 1 aromatic carbocycles. The Kier molecular flexibility index (Phi) is 5.32. The number of piperazine rings is 1. The van der Waals surface area contributed by atoms with Gasteiger partial charge in [-0.2, -0.15) is 5.10 Å². The van der Waals surface area contributed by atoms with Gasteiger partial charge < -0.3 is 14.5 Å². The van der Waals surface area contributed by atoms with Crippen molar-refractivity contribution in [3.05, 3.63) is 47.3 Å². The lowest BCUT2D eigenvalue weighted by atomic mass is 10.1. The van der Waals surface area contributed by atoms with Crippen LogP contribution in [-0.4, -0.2) is 64.7 Å². The van der Waals surface area contributed by atoms with E-state index in [1.54, 1.807) is 7.11 Å². The fourth-order valence-corrected chi connectivity index (χ4v) is 3.91. The van der Waals surface area contributed by atoms with E-state index in [4.69, 9.17) is 4.74 Å². The topological polar surface area (TPSA) is 67.7 Å². The second kappa shape index (κ2) is 8.04. The molecule has 0 spiro atoms. The van der Waals surface area contributed by atoms with Gasteiger partial charge in [-0.05, 0) is 43.0 Å². The van der Waals surface area contributed by atoms with E-state index in [2.05, 4.69) is 5.10 Å². The average molecular weight is 382 g/mol.